The first-order valence-corrected chi connectivity index (χ1v) is 9.12. The van der Waals surface area contributed by atoms with Gasteiger partial charge in [-0.15, -0.1) is 0 Å². The molecule has 2 fully saturated rings. The second-order valence-corrected chi connectivity index (χ2v) is 8.73. The number of carbonyl (C=O) groups is 1. The summed E-state index contributed by atoms with van der Waals surface area (Å²) in [4.78, 5) is 16.9. The van der Waals surface area contributed by atoms with Crippen LogP contribution in [-0.2, 0) is 14.6 Å². The number of rotatable bonds is 4. The molecule has 1 heterocycles. The molecule has 1 aromatic rings. The van der Waals surface area contributed by atoms with E-state index >= 15 is 0 Å². The minimum atomic E-state index is -3.61. The minimum Gasteiger partial charge on any atom is -0.340 e. The SMILES string of the molecule is CN(C)[C@@H]1CCN(C(=O)C2(S(=O)(=O)c3ccccc3)CC2)C1. The second kappa shape index (κ2) is 5.35. The number of nitrogens with zero attached hydrogens (tertiary/aromatic N) is 2. The Kier molecular flexibility index (Phi) is 3.77. The fourth-order valence-corrected chi connectivity index (χ4v) is 5.14. The number of benzene rings is 1. The number of carbonyl (C=O) groups excluding carboxylic acids is 1. The van der Waals surface area contributed by atoms with E-state index in [0.717, 1.165) is 6.42 Å². The molecule has 1 saturated carbocycles. The smallest absolute Gasteiger partial charge is 0.244 e. The number of amides is 1. The second-order valence-electron chi connectivity index (χ2n) is 6.47. The monoisotopic (exact) mass is 322 g/mol. The maximum atomic E-state index is 12.9. The van der Waals surface area contributed by atoms with Gasteiger partial charge in [0.15, 0.2) is 14.6 Å². The van der Waals surface area contributed by atoms with Crippen molar-refractivity contribution in [3.8, 4) is 0 Å². The number of likely N-dealkylation sites (N-methyl/N-ethyl adjacent to an activating group) is 1. The van der Waals surface area contributed by atoms with Crippen molar-refractivity contribution < 1.29 is 13.2 Å². The van der Waals surface area contributed by atoms with Gasteiger partial charge in [0.2, 0.25) is 5.91 Å². The lowest BCUT2D eigenvalue weighted by Crippen LogP contribution is -2.45. The van der Waals surface area contributed by atoms with Crippen molar-refractivity contribution >= 4 is 15.7 Å². The highest BCUT2D eigenvalue weighted by molar-refractivity contribution is 7.94. The first-order valence-electron chi connectivity index (χ1n) is 7.64. The summed E-state index contributed by atoms with van der Waals surface area (Å²) in [5.74, 6) is -0.208. The molecule has 2 aliphatic rings. The quantitative estimate of drug-likeness (QED) is 0.834. The first-order chi connectivity index (χ1) is 10.4. The van der Waals surface area contributed by atoms with Crippen LogP contribution < -0.4 is 0 Å². The molecule has 0 aromatic heterocycles. The van der Waals surface area contributed by atoms with Crippen molar-refractivity contribution in [3.63, 3.8) is 0 Å². The molecule has 1 aliphatic heterocycles. The van der Waals surface area contributed by atoms with Gasteiger partial charge >= 0.3 is 0 Å². The summed E-state index contributed by atoms with van der Waals surface area (Å²) >= 11 is 0. The molecule has 22 heavy (non-hydrogen) atoms. The maximum absolute atomic E-state index is 12.9. The minimum absolute atomic E-state index is 0.208. The number of sulfone groups is 1. The Morgan fingerprint density at radius 2 is 1.86 bits per heavy atom. The lowest BCUT2D eigenvalue weighted by Gasteiger charge is -2.24. The zero-order valence-electron chi connectivity index (χ0n) is 13.0. The highest BCUT2D eigenvalue weighted by Gasteiger charge is 2.62. The Balaban J connectivity index is 1.84. The molecule has 0 N–H and O–H groups in total. The van der Waals surface area contributed by atoms with Crippen molar-refractivity contribution in [1.82, 2.24) is 9.80 Å². The van der Waals surface area contributed by atoms with Crippen molar-refractivity contribution in [1.29, 1.82) is 0 Å². The van der Waals surface area contributed by atoms with E-state index in [1.807, 2.05) is 14.1 Å². The van der Waals surface area contributed by atoms with Crippen LogP contribution in [0.5, 0.6) is 0 Å². The summed E-state index contributed by atoms with van der Waals surface area (Å²) in [6, 6.07) is 8.66. The summed E-state index contributed by atoms with van der Waals surface area (Å²) < 4.78 is 24.5. The van der Waals surface area contributed by atoms with Gasteiger partial charge in [-0.1, -0.05) is 18.2 Å². The summed E-state index contributed by atoms with van der Waals surface area (Å²) in [5.41, 5.74) is 0. The fourth-order valence-electron chi connectivity index (χ4n) is 3.17. The Hall–Kier alpha value is -1.40. The average molecular weight is 322 g/mol. The van der Waals surface area contributed by atoms with E-state index in [4.69, 9.17) is 0 Å². The van der Waals surface area contributed by atoms with Gasteiger partial charge in [-0.05, 0) is 45.5 Å². The van der Waals surface area contributed by atoms with Gasteiger partial charge in [-0.25, -0.2) is 8.42 Å². The van der Waals surface area contributed by atoms with E-state index < -0.39 is 14.6 Å². The van der Waals surface area contributed by atoms with Crippen LogP contribution in [0.3, 0.4) is 0 Å². The standard InChI is InChI=1S/C16H22N2O3S/c1-17(2)13-8-11-18(12-13)15(19)16(9-10-16)22(20,21)14-6-4-3-5-7-14/h3-7,13H,8-12H2,1-2H3/t13-/m1/s1. The van der Waals surface area contributed by atoms with Crippen LogP contribution in [0.15, 0.2) is 35.2 Å². The average Bonchev–Trinajstić information content (AvgIpc) is 3.18. The van der Waals surface area contributed by atoms with Crippen molar-refractivity contribution in [2.75, 3.05) is 27.2 Å². The molecular weight excluding hydrogens is 300 g/mol. The summed E-state index contributed by atoms with van der Waals surface area (Å²) in [7, 11) is 0.378. The van der Waals surface area contributed by atoms with Gasteiger partial charge < -0.3 is 9.80 Å². The molecule has 120 valence electrons. The molecule has 0 unspecified atom stereocenters. The van der Waals surface area contributed by atoms with Gasteiger partial charge in [-0.3, -0.25) is 4.79 Å². The van der Waals surface area contributed by atoms with Crippen LogP contribution in [-0.4, -0.2) is 62.1 Å². The predicted octanol–water partition coefficient (Wildman–Crippen LogP) is 1.16. The molecule has 0 radical (unpaired) electrons. The van der Waals surface area contributed by atoms with E-state index in [2.05, 4.69) is 4.90 Å². The van der Waals surface area contributed by atoms with Crippen LogP contribution in [0.1, 0.15) is 19.3 Å². The van der Waals surface area contributed by atoms with Crippen LogP contribution in [0, 0.1) is 0 Å². The van der Waals surface area contributed by atoms with E-state index in [0.29, 0.717) is 32.0 Å². The Morgan fingerprint density at radius 1 is 1.23 bits per heavy atom. The first kappa shape index (κ1) is 15.5. The molecule has 3 rings (SSSR count). The topological polar surface area (TPSA) is 57.7 Å². The van der Waals surface area contributed by atoms with Crippen molar-refractivity contribution in [2.24, 2.45) is 0 Å². The van der Waals surface area contributed by atoms with Crippen LogP contribution in [0.25, 0.3) is 0 Å². The molecule has 5 nitrogen and oxygen atoms in total. The van der Waals surface area contributed by atoms with E-state index in [9.17, 15) is 13.2 Å². The zero-order valence-corrected chi connectivity index (χ0v) is 13.8. The molecule has 1 saturated heterocycles. The Labute approximate surface area is 131 Å². The van der Waals surface area contributed by atoms with Gasteiger partial charge in [0.25, 0.3) is 0 Å². The number of hydrogen-bond acceptors (Lipinski definition) is 4. The van der Waals surface area contributed by atoms with Crippen LogP contribution >= 0.6 is 0 Å². The third-order valence-corrected chi connectivity index (χ3v) is 7.35. The van der Waals surface area contributed by atoms with E-state index in [1.54, 1.807) is 35.2 Å². The lowest BCUT2D eigenvalue weighted by atomic mass is 10.2. The van der Waals surface area contributed by atoms with E-state index in [1.165, 1.54) is 0 Å². The maximum Gasteiger partial charge on any atom is 0.244 e. The molecule has 0 spiro atoms. The summed E-state index contributed by atoms with van der Waals surface area (Å²) in [5, 5.41) is 0. The number of hydrogen-bond donors (Lipinski definition) is 0. The van der Waals surface area contributed by atoms with Crippen LogP contribution in [0.2, 0.25) is 0 Å². The van der Waals surface area contributed by atoms with Gasteiger partial charge in [0.1, 0.15) is 0 Å². The highest BCUT2D eigenvalue weighted by atomic mass is 32.2. The van der Waals surface area contributed by atoms with Gasteiger partial charge in [0, 0.05) is 19.1 Å². The normalized spacial score (nSPS) is 23.8. The third-order valence-electron chi connectivity index (χ3n) is 4.84. The summed E-state index contributed by atoms with van der Waals surface area (Å²) in [6.45, 7) is 1.27. The number of likely N-dealkylation sites (tertiary alicyclic amines) is 1. The van der Waals surface area contributed by atoms with Crippen LogP contribution in [0.4, 0.5) is 0 Å². The molecule has 1 amide bonds. The highest BCUT2D eigenvalue weighted by Crippen LogP contribution is 2.48. The molecule has 6 heteroatoms. The van der Waals surface area contributed by atoms with Crippen molar-refractivity contribution in [3.05, 3.63) is 30.3 Å². The molecular formula is C16H22N2O3S. The molecule has 0 bridgehead atoms. The molecule has 1 aromatic carbocycles. The molecule has 1 atom stereocenters. The van der Waals surface area contributed by atoms with Gasteiger partial charge in [-0.2, -0.15) is 0 Å². The summed E-state index contributed by atoms with van der Waals surface area (Å²) in [6.07, 6.45) is 1.78. The predicted molar refractivity (Wildman–Crippen MR) is 84.3 cm³/mol. The van der Waals surface area contributed by atoms with Crippen molar-refractivity contribution in [2.45, 2.75) is 34.9 Å². The fraction of sp³-hybridized carbons (Fsp3) is 0.562. The largest absolute Gasteiger partial charge is 0.340 e. The van der Waals surface area contributed by atoms with Gasteiger partial charge in [0.05, 0.1) is 4.90 Å². The third kappa shape index (κ3) is 2.34. The molecule has 1 aliphatic carbocycles. The zero-order chi connectivity index (χ0) is 16.0. The Morgan fingerprint density at radius 3 is 2.36 bits per heavy atom. The lowest BCUT2D eigenvalue weighted by molar-refractivity contribution is -0.130. The Bertz CT molecular complexity index is 666. The van der Waals surface area contributed by atoms with E-state index in [-0.39, 0.29) is 10.8 Å².